The highest BCUT2D eigenvalue weighted by Gasteiger charge is 2.41. The average molecular weight is 266 g/mol. The van der Waals surface area contributed by atoms with E-state index in [0.717, 1.165) is 18.4 Å². The number of hydrogen-bond acceptors (Lipinski definition) is 2. The lowest BCUT2D eigenvalue weighted by molar-refractivity contribution is 0.000906. The average Bonchev–Trinajstić information content (AvgIpc) is 2.39. The Labute approximate surface area is 120 Å². The summed E-state index contributed by atoms with van der Waals surface area (Å²) >= 11 is 0. The van der Waals surface area contributed by atoms with Gasteiger partial charge in [0.25, 0.3) is 0 Å². The fourth-order valence-corrected chi connectivity index (χ4v) is 4.17. The van der Waals surface area contributed by atoms with Crippen LogP contribution in [-0.2, 0) is 0 Å². The van der Waals surface area contributed by atoms with E-state index >= 15 is 0 Å². The van der Waals surface area contributed by atoms with E-state index in [2.05, 4.69) is 32.6 Å². The van der Waals surface area contributed by atoms with Crippen molar-refractivity contribution in [3.63, 3.8) is 0 Å². The molecule has 1 aliphatic heterocycles. The third kappa shape index (κ3) is 3.33. The third-order valence-electron chi connectivity index (χ3n) is 5.98. The molecular weight excluding hydrogens is 232 g/mol. The van der Waals surface area contributed by atoms with Crippen LogP contribution in [0.25, 0.3) is 0 Å². The number of piperidine rings is 1. The van der Waals surface area contributed by atoms with Gasteiger partial charge in [-0.2, -0.15) is 0 Å². The summed E-state index contributed by atoms with van der Waals surface area (Å²) in [5.74, 6) is 1.80. The SMILES string of the molecule is CC1CCC(CN)(N2CCC(C(C)(C)C)CC2)CC1. The first-order valence-electron chi connectivity index (χ1n) is 8.32. The zero-order valence-electron chi connectivity index (χ0n) is 13.5. The first-order valence-corrected chi connectivity index (χ1v) is 8.32. The van der Waals surface area contributed by atoms with E-state index in [9.17, 15) is 0 Å². The van der Waals surface area contributed by atoms with Crippen molar-refractivity contribution in [1.82, 2.24) is 4.90 Å². The van der Waals surface area contributed by atoms with Gasteiger partial charge in [0.15, 0.2) is 0 Å². The molecular formula is C17H34N2. The second kappa shape index (κ2) is 5.73. The lowest BCUT2D eigenvalue weighted by Gasteiger charge is -2.51. The number of hydrogen-bond donors (Lipinski definition) is 1. The fraction of sp³-hybridized carbons (Fsp3) is 1.00. The summed E-state index contributed by atoms with van der Waals surface area (Å²) in [5.41, 5.74) is 7.01. The molecule has 0 aromatic carbocycles. The Morgan fingerprint density at radius 1 is 1.05 bits per heavy atom. The molecule has 1 heterocycles. The topological polar surface area (TPSA) is 29.3 Å². The van der Waals surface area contributed by atoms with Crippen LogP contribution in [0.4, 0.5) is 0 Å². The number of nitrogens with zero attached hydrogens (tertiary/aromatic N) is 1. The smallest absolute Gasteiger partial charge is 0.0331 e. The van der Waals surface area contributed by atoms with Crippen LogP contribution in [0.2, 0.25) is 0 Å². The third-order valence-corrected chi connectivity index (χ3v) is 5.98. The molecule has 0 atom stereocenters. The predicted molar refractivity (Wildman–Crippen MR) is 83.2 cm³/mol. The van der Waals surface area contributed by atoms with Crippen molar-refractivity contribution in [2.75, 3.05) is 19.6 Å². The number of likely N-dealkylation sites (tertiary alicyclic amines) is 1. The summed E-state index contributed by atoms with van der Waals surface area (Å²) in [7, 11) is 0. The molecule has 2 nitrogen and oxygen atoms in total. The Morgan fingerprint density at radius 2 is 1.58 bits per heavy atom. The minimum atomic E-state index is 0.343. The van der Waals surface area contributed by atoms with Crippen molar-refractivity contribution in [3.05, 3.63) is 0 Å². The van der Waals surface area contributed by atoms with Crippen LogP contribution in [0.5, 0.6) is 0 Å². The molecule has 2 rings (SSSR count). The molecule has 2 heteroatoms. The highest BCUT2D eigenvalue weighted by Crippen LogP contribution is 2.40. The molecule has 2 fully saturated rings. The van der Waals surface area contributed by atoms with Crippen molar-refractivity contribution in [2.45, 2.75) is 71.8 Å². The summed E-state index contributed by atoms with van der Waals surface area (Å²) in [6.45, 7) is 13.0. The van der Waals surface area contributed by atoms with Gasteiger partial charge in [0.1, 0.15) is 0 Å². The lowest BCUT2D eigenvalue weighted by atomic mass is 9.72. The minimum absolute atomic E-state index is 0.343. The van der Waals surface area contributed by atoms with Gasteiger partial charge in [0.2, 0.25) is 0 Å². The van der Waals surface area contributed by atoms with E-state index in [1.165, 1.54) is 51.6 Å². The van der Waals surface area contributed by atoms with Crippen LogP contribution in [0.1, 0.15) is 66.2 Å². The van der Waals surface area contributed by atoms with Crippen LogP contribution in [0.3, 0.4) is 0 Å². The number of nitrogens with two attached hydrogens (primary N) is 1. The van der Waals surface area contributed by atoms with Crippen molar-refractivity contribution in [3.8, 4) is 0 Å². The Bertz CT molecular complexity index is 276. The Kier molecular flexibility index (Phi) is 4.62. The van der Waals surface area contributed by atoms with Crippen LogP contribution in [0, 0.1) is 17.3 Å². The molecule has 1 saturated carbocycles. The summed E-state index contributed by atoms with van der Waals surface area (Å²) in [5, 5.41) is 0. The highest BCUT2D eigenvalue weighted by molar-refractivity contribution is 4.97. The normalized spacial score (nSPS) is 35.5. The van der Waals surface area contributed by atoms with Gasteiger partial charge in [0, 0.05) is 12.1 Å². The van der Waals surface area contributed by atoms with Crippen LogP contribution < -0.4 is 5.73 Å². The lowest BCUT2D eigenvalue weighted by Crippen LogP contribution is -2.58. The largest absolute Gasteiger partial charge is 0.329 e. The molecule has 2 aliphatic rings. The van der Waals surface area contributed by atoms with Crippen molar-refractivity contribution in [2.24, 2.45) is 23.0 Å². The summed E-state index contributed by atoms with van der Waals surface area (Å²) in [6.07, 6.45) is 8.12. The molecule has 0 radical (unpaired) electrons. The Hall–Kier alpha value is -0.0800. The van der Waals surface area contributed by atoms with Gasteiger partial charge in [-0.15, -0.1) is 0 Å². The first kappa shape index (κ1) is 15.3. The van der Waals surface area contributed by atoms with Gasteiger partial charge in [0.05, 0.1) is 0 Å². The Balaban J connectivity index is 1.95. The fourth-order valence-electron chi connectivity index (χ4n) is 4.17. The number of rotatable bonds is 2. The molecule has 0 unspecified atom stereocenters. The molecule has 0 spiro atoms. The van der Waals surface area contributed by atoms with Crippen LogP contribution in [-0.4, -0.2) is 30.1 Å². The second-order valence-corrected chi connectivity index (χ2v) is 8.24. The summed E-state index contributed by atoms with van der Waals surface area (Å²) in [4.78, 5) is 2.75. The standard InChI is InChI=1S/C17H34N2/c1-14-5-9-17(13-18,10-6-14)19-11-7-15(8-12-19)16(2,3)4/h14-15H,5-13,18H2,1-4H3. The van der Waals surface area contributed by atoms with E-state index < -0.39 is 0 Å². The monoisotopic (exact) mass is 266 g/mol. The maximum Gasteiger partial charge on any atom is 0.0331 e. The molecule has 19 heavy (non-hydrogen) atoms. The van der Waals surface area contributed by atoms with Gasteiger partial charge in [-0.25, -0.2) is 0 Å². The van der Waals surface area contributed by atoms with E-state index in [4.69, 9.17) is 5.73 Å². The second-order valence-electron chi connectivity index (χ2n) is 8.24. The molecule has 2 N–H and O–H groups in total. The van der Waals surface area contributed by atoms with Crippen LogP contribution >= 0.6 is 0 Å². The van der Waals surface area contributed by atoms with E-state index in [1.54, 1.807) is 0 Å². The zero-order valence-corrected chi connectivity index (χ0v) is 13.5. The van der Waals surface area contributed by atoms with Crippen molar-refractivity contribution in [1.29, 1.82) is 0 Å². The van der Waals surface area contributed by atoms with Crippen molar-refractivity contribution >= 4 is 0 Å². The van der Waals surface area contributed by atoms with Gasteiger partial charge >= 0.3 is 0 Å². The predicted octanol–water partition coefficient (Wildman–Crippen LogP) is 3.65. The molecule has 1 aliphatic carbocycles. The van der Waals surface area contributed by atoms with Gasteiger partial charge in [-0.3, -0.25) is 4.90 Å². The molecule has 0 aromatic heterocycles. The molecule has 0 amide bonds. The summed E-state index contributed by atoms with van der Waals surface area (Å²) < 4.78 is 0. The highest BCUT2D eigenvalue weighted by atomic mass is 15.2. The van der Waals surface area contributed by atoms with Crippen LogP contribution in [0.15, 0.2) is 0 Å². The zero-order chi connectivity index (χ0) is 14.1. The van der Waals surface area contributed by atoms with Gasteiger partial charge in [-0.1, -0.05) is 27.7 Å². The van der Waals surface area contributed by atoms with Gasteiger partial charge < -0.3 is 5.73 Å². The van der Waals surface area contributed by atoms with Gasteiger partial charge in [-0.05, 0) is 68.9 Å². The Morgan fingerprint density at radius 3 is 2.00 bits per heavy atom. The maximum absolute atomic E-state index is 6.19. The first-order chi connectivity index (χ1) is 8.87. The molecule has 112 valence electrons. The maximum atomic E-state index is 6.19. The summed E-state index contributed by atoms with van der Waals surface area (Å²) in [6, 6.07) is 0. The molecule has 1 saturated heterocycles. The quantitative estimate of drug-likeness (QED) is 0.826. The minimum Gasteiger partial charge on any atom is -0.329 e. The van der Waals surface area contributed by atoms with E-state index in [0.29, 0.717) is 11.0 Å². The van der Waals surface area contributed by atoms with E-state index in [1.807, 2.05) is 0 Å². The van der Waals surface area contributed by atoms with Crippen molar-refractivity contribution < 1.29 is 0 Å². The van der Waals surface area contributed by atoms with E-state index in [-0.39, 0.29) is 0 Å². The molecule has 0 aromatic rings. The molecule has 0 bridgehead atoms.